The van der Waals surface area contributed by atoms with E-state index in [1.165, 1.54) is 25.7 Å². The van der Waals surface area contributed by atoms with E-state index < -0.39 is 0 Å². The first kappa shape index (κ1) is 15.2. The molecule has 1 aliphatic heterocycles. The number of rotatable bonds is 8. The molecule has 1 aliphatic carbocycles. The highest BCUT2D eigenvalue weighted by Gasteiger charge is 2.19. The Morgan fingerprint density at radius 2 is 2.05 bits per heavy atom. The first-order valence-electron chi connectivity index (χ1n) is 7.80. The van der Waals surface area contributed by atoms with Gasteiger partial charge in [0.2, 0.25) is 0 Å². The van der Waals surface area contributed by atoms with Gasteiger partial charge in [-0.25, -0.2) is 0 Å². The van der Waals surface area contributed by atoms with E-state index in [0.29, 0.717) is 19.8 Å². The highest BCUT2D eigenvalue weighted by atomic mass is 16.5. The normalized spacial score (nSPS) is 26.4. The van der Waals surface area contributed by atoms with Gasteiger partial charge in [0.05, 0.1) is 25.4 Å². The van der Waals surface area contributed by atoms with Crippen molar-refractivity contribution in [3.63, 3.8) is 0 Å². The molecule has 0 aromatic heterocycles. The van der Waals surface area contributed by atoms with Gasteiger partial charge in [-0.05, 0) is 38.6 Å². The van der Waals surface area contributed by atoms with Crippen LogP contribution in [0.5, 0.6) is 0 Å². The summed E-state index contributed by atoms with van der Waals surface area (Å²) in [4.78, 5) is 2.25. The molecule has 1 N–H and O–H groups in total. The molecule has 1 saturated carbocycles. The Morgan fingerprint density at radius 1 is 1.26 bits per heavy atom. The van der Waals surface area contributed by atoms with Gasteiger partial charge in [-0.1, -0.05) is 12.8 Å². The van der Waals surface area contributed by atoms with Crippen LogP contribution in [0.4, 0.5) is 0 Å². The Labute approximate surface area is 117 Å². The van der Waals surface area contributed by atoms with E-state index in [-0.39, 0.29) is 12.2 Å². The third kappa shape index (κ3) is 5.78. The number of aliphatic hydroxyl groups is 1. The number of nitrogens with zero attached hydrogens (tertiary/aromatic N) is 1. The summed E-state index contributed by atoms with van der Waals surface area (Å²) in [5, 5.41) is 9.96. The van der Waals surface area contributed by atoms with E-state index in [0.717, 1.165) is 31.9 Å². The van der Waals surface area contributed by atoms with E-state index in [1.807, 2.05) is 0 Å². The molecule has 0 spiro atoms. The SMILES string of the molecule is CN(CC(O)COCC1CCCO1)CC1CCCC1. The van der Waals surface area contributed by atoms with Crippen molar-refractivity contribution in [3.8, 4) is 0 Å². The molecule has 19 heavy (non-hydrogen) atoms. The van der Waals surface area contributed by atoms with Crippen molar-refractivity contribution in [2.45, 2.75) is 50.7 Å². The van der Waals surface area contributed by atoms with Crippen molar-refractivity contribution in [2.75, 3.05) is 40.0 Å². The van der Waals surface area contributed by atoms with Crippen LogP contribution in [0.15, 0.2) is 0 Å². The molecular formula is C15H29NO3. The van der Waals surface area contributed by atoms with Gasteiger partial charge in [0.15, 0.2) is 0 Å². The van der Waals surface area contributed by atoms with Crippen LogP contribution < -0.4 is 0 Å². The molecule has 4 nitrogen and oxygen atoms in total. The molecule has 0 aromatic carbocycles. The fourth-order valence-corrected chi connectivity index (χ4v) is 3.23. The molecule has 2 rings (SSSR count). The smallest absolute Gasteiger partial charge is 0.0900 e. The summed E-state index contributed by atoms with van der Waals surface area (Å²) in [7, 11) is 2.10. The number of hydrogen-bond donors (Lipinski definition) is 1. The van der Waals surface area contributed by atoms with Crippen molar-refractivity contribution in [1.82, 2.24) is 4.90 Å². The van der Waals surface area contributed by atoms with Gasteiger partial charge >= 0.3 is 0 Å². The topological polar surface area (TPSA) is 41.9 Å². The molecule has 0 bridgehead atoms. The van der Waals surface area contributed by atoms with Gasteiger partial charge in [-0.2, -0.15) is 0 Å². The number of likely N-dealkylation sites (N-methyl/N-ethyl adjacent to an activating group) is 1. The summed E-state index contributed by atoms with van der Waals surface area (Å²) in [6.45, 7) is 3.74. The highest BCUT2D eigenvalue weighted by Crippen LogP contribution is 2.25. The largest absolute Gasteiger partial charge is 0.389 e. The zero-order valence-electron chi connectivity index (χ0n) is 12.2. The monoisotopic (exact) mass is 271 g/mol. The molecule has 2 fully saturated rings. The van der Waals surface area contributed by atoms with Gasteiger partial charge < -0.3 is 19.5 Å². The number of aliphatic hydroxyl groups excluding tert-OH is 1. The first-order valence-corrected chi connectivity index (χ1v) is 7.80. The molecule has 0 radical (unpaired) electrons. The molecule has 2 aliphatic rings. The van der Waals surface area contributed by atoms with Gasteiger partial charge in [-0.15, -0.1) is 0 Å². The Kier molecular flexibility index (Phi) is 6.57. The van der Waals surface area contributed by atoms with E-state index in [4.69, 9.17) is 9.47 Å². The summed E-state index contributed by atoms with van der Waals surface area (Å²) in [5.41, 5.74) is 0. The summed E-state index contributed by atoms with van der Waals surface area (Å²) >= 11 is 0. The molecule has 1 heterocycles. The summed E-state index contributed by atoms with van der Waals surface area (Å²) in [6, 6.07) is 0. The average molecular weight is 271 g/mol. The molecule has 1 saturated heterocycles. The van der Waals surface area contributed by atoms with Crippen LogP contribution in [0.3, 0.4) is 0 Å². The third-order valence-electron chi connectivity index (χ3n) is 4.21. The van der Waals surface area contributed by atoms with Crippen LogP contribution in [-0.2, 0) is 9.47 Å². The van der Waals surface area contributed by atoms with Crippen molar-refractivity contribution in [1.29, 1.82) is 0 Å². The zero-order chi connectivity index (χ0) is 13.5. The van der Waals surface area contributed by atoms with Gasteiger partial charge in [0, 0.05) is 19.7 Å². The minimum Gasteiger partial charge on any atom is -0.389 e. The van der Waals surface area contributed by atoms with E-state index in [9.17, 15) is 5.11 Å². The highest BCUT2D eigenvalue weighted by molar-refractivity contribution is 4.72. The molecule has 4 heteroatoms. The maximum Gasteiger partial charge on any atom is 0.0900 e. The Hall–Kier alpha value is -0.160. The van der Waals surface area contributed by atoms with Crippen molar-refractivity contribution in [3.05, 3.63) is 0 Å². The van der Waals surface area contributed by atoms with Crippen LogP contribution in [0.2, 0.25) is 0 Å². The maximum atomic E-state index is 9.96. The number of hydrogen-bond acceptors (Lipinski definition) is 4. The Balaban J connectivity index is 1.51. The van der Waals surface area contributed by atoms with Gasteiger partial charge in [0.1, 0.15) is 0 Å². The second-order valence-electron chi connectivity index (χ2n) is 6.20. The molecule has 0 aromatic rings. The van der Waals surface area contributed by atoms with Crippen molar-refractivity contribution < 1.29 is 14.6 Å². The molecule has 112 valence electrons. The Morgan fingerprint density at radius 3 is 2.74 bits per heavy atom. The van der Waals surface area contributed by atoms with E-state index in [1.54, 1.807) is 0 Å². The Bertz CT molecular complexity index is 238. The average Bonchev–Trinajstić information content (AvgIpc) is 3.01. The fourth-order valence-electron chi connectivity index (χ4n) is 3.23. The van der Waals surface area contributed by atoms with Crippen LogP contribution in [-0.4, -0.2) is 62.2 Å². The maximum absolute atomic E-state index is 9.96. The minimum absolute atomic E-state index is 0.253. The predicted octanol–water partition coefficient (Wildman–Crippen LogP) is 1.66. The fraction of sp³-hybridized carbons (Fsp3) is 1.00. The van der Waals surface area contributed by atoms with Crippen molar-refractivity contribution >= 4 is 0 Å². The summed E-state index contributed by atoms with van der Waals surface area (Å²) < 4.78 is 11.0. The minimum atomic E-state index is -0.382. The van der Waals surface area contributed by atoms with Crippen molar-refractivity contribution in [2.24, 2.45) is 5.92 Å². The van der Waals surface area contributed by atoms with E-state index >= 15 is 0 Å². The second-order valence-corrected chi connectivity index (χ2v) is 6.20. The lowest BCUT2D eigenvalue weighted by Gasteiger charge is -2.23. The lowest BCUT2D eigenvalue weighted by molar-refractivity contribution is -0.0241. The third-order valence-corrected chi connectivity index (χ3v) is 4.21. The molecular weight excluding hydrogens is 242 g/mol. The van der Waals surface area contributed by atoms with Crippen LogP contribution >= 0.6 is 0 Å². The van der Waals surface area contributed by atoms with E-state index in [2.05, 4.69) is 11.9 Å². The predicted molar refractivity (Wildman–Crippen MR) is 75.3 cm³/mol. The first-order chi connectivity index (χ1) is 9.24. The van der Waals surface area contributed by atoms with Gasteiger partial charge in [0.25, 0.3) is 0 Å². The summed E-state index contributed by atoms with van der Waals surface area (Å²) in [5.74, 6) is 0.838. The lowest BCUT2D eigenvalue weighted by atomic mass is 10.1. The van der Waals surface area contributed by atoms with Crippen LogP contribution in [0, 0.1) is 5.92 Å². The standard InChI is InChI=1S/C15H29NO3/c1-16(9-13-5-2-3-6-13)10-14(17)11-18-12-15-7-4-8-19-15/h13-15,17H,2-12H2,1H3. The molecule has 2 atom stereocenters. The zero-order valence-corrected chi connectivity index (χ0v) is 12.2. The summed E-state index contributed by atoms with van der Waals surface area (Å²) in [6.07, 6.45) is 7.58. The van der Waals surface area contributed by atoms with Gasteiger partial charge in [-0.3, -0.25) is 0 Å². The quantitative estimate of drug-likeness (QED) is 0.729. The molecule has 0 amide bonds. The van der Waals surface area contributed by atoms with Crippen LogP contribution in [0.1, 0.15) is 38.5 Å². The number of ether oxygens (including phenoxy) is 2. The second kappa shape index (κ2) is 8.20. The molecule has 2 unspecified atom stereocenters. The lowest BCUT2D eigenvalue weighted by Crippen LogP contribution is -2.35. The van der Waals surface area contributed by atoms with Crippen LogP contribution in [0.25, 0.3) is 0 Å².